The number of fused-ring (bicyclic) bond motifs is 1. The van der Waals surface area contributed by atoms with Crippen LogP contribution in [0, 0.1) is 0 Å². The van der Waals surface area contributed by atoms with E-state index < -0.39 is 23.8 Å². The van der Waals surface area contributed by atoms with Gasteiger partial charge >= 0.3 is 6.36 Å². The Morgan fingerprint density at radius 1 is 1.16 bits per heavy atom. The fourth-order valence-corrected chi connectivity index (χ4v) is 2.76. The third-order valence-corrected chi connectivity index (χ3v) is 4.12. The average Bonchev–Trinajstić information content (AvgIpc) is 2.95. The number of nitrogens with one attached hydrogen (secondary N) is 1. The smallest absolute Gasteiger partial charge is 0.406 e. The summed E-state index contributed by atoms with van der Waals surface area (Å²) in [5, 5.41) is 0.377. The summed E-state index contributed by atoms with van der Waals surface area (Å²) < 4.78 is 40.7. The Balaban J connectivity index is 1.81. The maximum Gasteiger partial charge on any atom is 0.573 e. The van der Waals surface area contributed by atoms with Crippen LogP contribution in [0.15, 0.2) is 24.4 Å². The van der Waals surface area contributed by atoms with Gasteiger partial charge in [-0.15, -0.1) is 13.2 Å². The zero-order chi connectivity index (χ0) is 18.2. The zero-order valence-electron chi connectivity index (χ0n) is 13.4. The van der Waals surface area contributed by atoms with Crippen LogP contribution in [-0.4, -0.2) is 66.1 Å². The molecule has 1 N–H and O–H groups in total. The predicted octanol–water partition coefficient (Wildman–Crippen LogP) is 2.02. The summed E-state index contributed by atoms with van der Waals surface area (Å²) in [5.74, 6) is -1.68. The maximum absolute atomic E-state index is 12.5. The van der Waals surface area contributed by atoms with Crippen molar-refractivity contribution >= 4 is 22.6 Å². The van der Waals surface area contributed by atoms with Crippen LogP contribution in [0.5, 0.6) is 5.75 Å². The number of ketones is 1. The highest BCUT2D eigenvalue weighted by Gasteiger charge is 2.32. The van der Waals surface area contributed by atoms with Crippen molar-refractivity contribution in [2.75, 3.05) is 33.2 Å². The first-order valence-electron chi connectivity index (χ1n) is 7.63. The van der Waals surface area contributed by atoms with Gasteiger partial charge < -0.3 is 19.5 Å². The molecule has 3 rings (SSSR count). The van der Waals surface area contributed by atoms with Gasteiger partial charge in [-0.1, -0.05) is 0 Å². The standard InChI is InChI=1S/C16H16F3N3O3/c1-21-4-6-22(7-5-21)15(24)14(23)12-9-20-13-8-10(2-3-11(12)13)25-16(17,18)19/h2-3,8-9,20H,4-7H2,1H3. The summed E-state index contributed by atoms with van der Waals surface area (Å²) in [6, 6.07) is 3.58. The molecule has 1 aliphatic rings. The topological polar surface area (TPSA) is 65.6 Å². The molecule has 0 aliphatic carbocycles. The molecule has 1 saturated heterocycles. The molecule has 134 valence electrons. The number of amides is 1. The van der Waals surface area contributed by atoms with E-state index in [2.05, 4.69) is 14.6 Å². The van der Waals surface area contributed by atoms with Crippen LogP contribution < -0.4 is 4.74 Å². The third kappa shape index (κ3) is 3.76. The first-order valence-corrected chi connectivity index (χ1v) is 7.63. The number of nitrogens with zero attached hydrogens (tertiary/aromatic N) is 2. The number of halogens is 3. The van der Waals surface area contributed by atoms with Gasteiger partial charge in [0.25, 0.3) is 11.7 Å². The summed E-state index contributed by atoms with van der Waals surface area (Å²) in [5.41, 5.74) is 0.425. The molecule has 0 spiro atoms. The van der Waals surface area contributed by atoms with Crippen LogP contribution in [0.1, 0.15) is 10.4 Å². The zero-order valence-corrected chi connectivity index (χ0v) is 13.4. The molecule has 25 heavy (non-hydrogen) atoms. The second kappa shape index (κ2) is 6.40. The normalized spacial score (nSPS) is 16.2. The first kappa shape index (κ1) is 17.3. The van der Waals surface area contributed by atoms with E-state index >= 15 is 0 Å². The Kier molecular flexibility index (Phi) is 4.42. The Labute approximate surface area is 141 Å². The van der Waals surface area contributed by atoms with Crippen molar-refractivity contribution in [3.63, 3.8) is 0 Å². The van der Waals surface area contributed by atoms with Gasteiger partial charge in [-0.25, -0.2) is 0 Å². The molecule has 0 radical (unpaired) electrons. The number of hydrogen-bond donors (Lipinski definition) is 1. The van der Waals surface area contributed by atoms with Crippen LogP contribution in [0.25, 0.3) is 10.9 Å². The number of carbonyl (C=O) groups is 2. The van der Waals surface area contributed by atoms with Crippen molar-refractivity contribution in [3.05, 3.63) is 30.0 Å². The fraction of sp³-hybridized carbons (Fsp3) is 0.375. The number of carbonyl (C=O) groups excluding carboxylic acids is 2. The van der Waals surface area contributed by atoms with Crippen molar-refractivity contribution in [1.29, 1.82) is 0 Å². The molecule has 1 aromatic carbocycles. The summed E-state index contributed by atoms with van der Waals surface area (Å²) in [6.07, 6.45) is -3.46. The number of Topliss-reactive ketones (excluding diaryl/α,β-unsaturated/α-hetero) is 1. The quantitative estimate of drug-likeness (QED) is 0.676. The minimum atomic E-state index is -4.80. The van der Waals surface area contributed by atoms with E-state index in [-0.39, 0.29) is 11.1 Å². The number of H-pyrrole nitrogens is 1. The molecule has 1 fully saturated rings. The van der Waals surface area contributed by atoms with Crippen LogP contribution in [0.3, 0.4) is 0 Å². The van der Waals surface area contributed by atoms with E-state index in [1.807, 2.05) is 7.05 Å². The van der Waals surface area contributed by atoms with E-state index in [0.717, 1.165) is 12.1 Å². The first-order chi connectivity index (χ1) is 11.7. The summed E-state index contributed by atoms with van der Waals surface area (Å²) in [7, 11) is 1.93. The Bertz CT molecular complexity index is 808. The van der Waals surface area contributed by atoms with Crippen molar-refractivity contribution in [1.82, 2.24) is 14.8 Å². The van der Waals surface area contributed by atoms with E-state index in [1.165, 1.54) is 17.2 Å². The molecule has 6 nitrogen and oxygen atoms in total. The van der Waals surface area contributed by atoms with Crippen molar-refractivity contribution < 1.29 is 27.5 Å². The number of rotatable bonds is 3. The molecule has 1 amide bonds. The van der Waals surface area contributed by atoms with Crippen LogP contribution >= 0.6 is 0 Å². The number of aromatic amines is 1. The molecular formula is C16H16F3N3O3. The number of aromatic nitrogens is 1. The van der Waals surface area contributed by atoms with E-state index in [4.69, 9.17) is 0 Å². The molecule has 1 aliphatic heterocycles. The van der Waals surface area contributed by atoms with Crippen molar-refractivity contribution in [3.8, 4) is 5.75 Å². The van der Waals surface area contributed by atoms with Gasteiger partial charge in [-0.05, 0) is 19.2 Å². The lowest BCUT2D eigenvalue weighted by Crippen LogP contribution is -2.49. The number of piperazine rings is 1. The highest BCUT2D eigenvalue weighted by atomic mass is 19.4. The van der Waals surface area contributed by atoms with Gasteiger partial charge in [-0.2, -0.15) is 0 Å². The highest BCUT2D eigenvalue weighted by molar-refractivity contribution is 6.44. The van der Waals surface area contributed by atoms with E-state index in [0.29, 0.717) is 31.6 Å². The van der Waals surface area contributed by atoms with Crippen LogP contribution in [0.2, 0.25) is 0 Å². The highest BCUT2D eigenvalue weighted by Crippen LogP contribution is 2.28. The number of benzene rings is 1. The molecule has 2 aromatic rings. The van der Waals surface area contributed by atoms with Gasteiger partial charge in [-0.3, -0.25) is 9.59 Å². The Morgan fingerprint density at radius 2 is 1.84 bits per heavy atom. The Hall–Kier alpha value is -2.55. The molecule has 0 bridgehead atoms. The van der Waals surface area contributed by atoms with Gasteiger partial charge in [0.15, 0.2) is 0 Å². The van der Waals surface area contributed by atoms with Crippen molar-refractivity contribution in [2.45, 2.75) is 6.36 Å². The summed E-state index contributed by atoms with van der Waals surface area (Å²) in [4.78, 5) is 31.1. The molecular weight excluding hydrogens is 339 g/mol. The van der Waals surface area contributed by atoms with E-state index in [9.17, 15) is 22.8 Å². The average molecular weight is 355 g/mol. The SMILES string of the molecule is CN1CCN(C(=O)C(=O)c2c[nH]c3cc(OC(F)(F)F)ccc23)CC1. The molecule has 2 heterocycles. The van der Waals surface area contributed by atoms with E-state index in [1.54, 1.807) is 0 Å². The number of alkyl halides is 3. The minimum absolute atomic E-state index is 0.137. The largest absolute Gasteiger partial charge is 0.573 e. The lowest BCUT2D eigenvalue weighted by Gasteiger charge is -2.31. The fourth-order valence-electron chi connectivity index (χ4n) is 2.76. The lowest BCUT2D eigenvalue weighted by atomic mass is 10.1. The molecule has 0 unspecified atom stereocenters. The second-order valence-corrected chi connectivity index (χ2v) is 5.88. The van der Waals surface area contributed by atoms with Crippen LogP contribution in [-0.2, 0) is 4.79 Å². The van der Waals surface area contributed by atoms with Crippen molar-refractivity contribution in [2.24, 2.45) is 0 Å². The molecule has 0 atom stereocenters. The summed E-state index contributed by atoms with van der Waals surface area (Å²) in [6.45, 7) is 2.30. The maximum atomic E-state index is 12.5. The second-order valence-electron chi connectivity index (χ2n) is 5.88. The monoisotopic (exact) mass is 355 g/mol. The number of hydrogen-bond acceptors (Lipinski definition) is 4. The van der Waals surface area contributed by atoms with Gasteiger partial charge in [0.05, 0.1) is 5.56 Å². The minimum Gasteiger partial charge on any atom is -0.406 e. The lowest BCUT2D eigenvalue weighted by molar-refractivity contribution is -0.274. The van der Waals surface area contributed by atoms with Gasteiger partial charge in [0.2, 0.25) is 0 Å². The number of ether oxygens (including phenoxy) is 1. The third-order valence-electron chi connectivity index (χ3n) is 4.12. The van der Waals surface area contributed by atoms with Crippen LogP contribution in [0.4, 0.5) is 13.2 Å². The van der Waals surface area contributed by atoms with Gasteiger partial charge in [0.1, 0.15) is 5.75 Å². The van der Waals surface area contributed by atoms with Gasteiger partial charge in [0, 0.05) is 49.3 Å². The Morgan fingerprint density at radius 3 is 2.48 bits per heavy atom. The molecule has 1 aromatic heterocycles. The predicted molar refractivity (Wildman–Crippen MR) is 83.4 cm³/mol. The molecule has 0 saturated carbocycles. The molecule has 9 heteroatoms. The number of likely N-dealkylation sites (N-methyl/N-ethyl adjacent to an activating group) is 1. The summed E-state index contributed by atoms with van der Waals surface area (Å²) >= 11 is 0.